The van der Waals surface area contributed by atoms with Gasteiger partial charge in [0, 0.05) is 14.2 Å². The molecule has 0 aromatic carbocycles. The van der Waals surface area contributed by atoms with Gasteiger partial charge < -0.3 is 18.6 Å². The Kier molecular flexibility index (Phi) is 5.68. The lowest BCUT2D eigenvalue weighted by atomic mass is 10.5. The standard InChI is InChI=1S/C7H17NO4Si/c1-5-6-12-7(9)8-13(4,10-2)11-3/h5-6H2,1-4H3,(H,8,9). The molecule has 1 amide bonds. The van der Waals surface area contributed by atoms with Crippen LogP contribution in [0, 0.1) is 0 Å². The van der Waals surface area contributed by atoms with Gasteiger partial charge in [0.2, 0.25) is 0 Å². The number of carbonyl (C=O) groups excluding carboxylic acids is 1. The molecule has 0 aliphatic carbocycles. The average Bonchev–Trinajstić information content (AvgIpc) is 2.14. The summed E-state index contributed by atoms with van der Waals surface area (Å²) in [6, 6.07) is 0. The van der Waals surface area contributed by atoms with Crippen LogP contribution in [0.1, 0.15) is 13.3 Å². The SMILES string of the molecule is CCCOC(=O)N[Si](C)(OC)OC. The number of amides is 1. The van der Waals surface area contributed by atoms with Gasteiger partial charge in [0.15, 0.2) is 0 Å². The van der Waals surface area contributed by atoms with E-state index in [2.05, 4.69) is 4.98 Å². The molecule has 0 radical (unpaired) electrons. The van der Waals surface area contributed by atoms with E-state index < -0.39 is 14.8 Å². The van der Waals surface area contributed by atoms with E-state index in [0.717, 1.165) is 6.42 Å². The van der Waals surface area contributed by atoms with Gasteiger partial charge in [-0.1, -0.05) is 6.92 Å². The molecule has 6 heteroatoms. The van der Waals surface area contributed by atoms with Crippen molar-refractivity contribution >= 4 is 14.8 Å². The van der Waals surface area contributed by atoms with Gasteiger partial charge >= 0.3 is 14.8 Å². The van der Waals surface area contributed by atoms with Crippen molar-refractivity contribution in [3.8, 4) is 0 Å². The number of hydrogen-bond acceptors (Lipinski definition) is 4. The summed E-state index contributed by atoms with van der Waals surface area (Å²) in [7, 11) is 0.457. The second-order valence-corrected chi connectivity index (χ2v) is 5.57. The Morgan fingerprint density at radius 3 is 2.31 bits per heavy atom. The lowest BCUT2D eigenvalue weighted by Crippen LogP contribution is -2.54. The fourth-order valence-corrected chi connectivity index (χ4v) is 1.42. The van der Waals surface area contributed by atoms with Crippen LogP contribution < -0.4 is 4.98 Å². The van der Waals surface area contributed by atoms with Crippen LogP contribution in [0.3, 0.4) is 0 Å². The molecule has 0 fully saturated rings. The summed E-state index contributed by atoms with van der Waals surface area (Å²) in [6.07, 6.45) is 0.311. The van der Waals surface area contributed by atoms with E-state index in [1.807, 2.05) is 6.92 Å². The molecule has 0 aliphatic heterocycles. The highest BCUT2D eigenvalue weighted by molar-refractivity contribution is 6.65. The van der Waals surface area contributed by atoms with Crippen LogP contribution in [0.2, 0.25) is 6.55 Å². The molecular weight excluding hydrogens is 190 g/mol. The van der Waals surface area contributed by atoms with Crippen LogP contribution in [0.4, 0.5) is 4.79 Å². The van der Waals surface area contributed by atoms with Crippen molar-refractivity contribution in [2.75, 3.05) is 20.8 Å². The maximum Gasteiger partial charge on any atom is 0.458 e. The van der Waals surface area contributed by atoms with Crippen molar-refractivity contribution in [1.82, 2.24) is 4.98 Å². The van der Waals surface area contributed by atoms with Crippen molar-refractivity contribution < 1.29 is 18.4 Å². The number of rotatable bonds is 5. The molecule has 78 valence electrons. The first kappa shape index (κ1) is 12.4. The number of carbonyl (C=O) groups is 1. The third-order valence-electron chi connectivity index (χ3n) is 1.55. The van der Waals surface area contributed by atoms with Gasteiger partial charge in [-0.25, -0.2) is 4.79 Å². The minimum atomic E-state index is -2.53. The number of ether oxygens (including phenoxy) is 1. The van der Waals surface area contributed by atoms with Crippen molar-refractivity contribution in [1.29, 1.82) is 0 Å². The third kappa shape index (κ3) is 4.86. The van der Waals surface area contributed by atoms with Crippen molar-refractivity contribution in [3.05, 3.63) is 0 Å². The quantitative estimate of drug-likeness (QED) is 0.683. The van der Waals surface area contributed by atoms with Gasteiger partial charge in [0.05, 0.1) is 6.61 Å². The van der Waals surface area contributed by atoms with E-state index in [1.54, 1.807) is 6.55 Å². The Balaban J connectivity index is 3.87. The fraction of sp³-hybridized carbons (Fsp3) is 0.857. The summed E-state index contributed by atoms with van der Waals surface area (Å²) in [4.78, 5) is 13.6. The zero-order chi connectivity index (χ0) is 10.3. The smallest absolute Gasteiger partial charge is 0.450 e. The molecule has 0 atom stereocenters. The van der Waals surface area contributed by atoms with Gasteiger partial charge in [-0.05, 0) is 13.0 Å². The van der Waals surface area contributed by atoms with Crippen LogP contribution in [-0.2, 0) is 13.6 Å². The minimum absolute atomic E-state index is 0.406. The first-order valence-electron chi connectivity index (χ1n) is 4.13. The summed E-state index contributed by atoms with van der Waals surface area (Å²) in [5.41, 5.74) is 0. The molecule has 0 heterocycles. The maximum absolute atomic E-state index is 11.1. The first-order chi connectivity index (χ1) is 6.08. The Morgan fingerprint density at radius 1 is 1.38 bits per heavy atom. The van der Waals surface area contributed by atoms with Crippen molar-refractivity contribution in [2.45, 2.75) is 19.9 Å². The predicted octanol–water partition coefficient (Wildman–Crippen LogP) is 0.984. The molecule has 0 bridgehead atoms. The highest BCUT2D eigenvalue weighted by atomic mass is 28.4. The average molecular weight is 207 g/mol. The van der Waals surface area contributed by atoms with Crippen LogP contribution in [-0.4, -0.2) is 35.6 Å². The van der Waals surface area contributed by atoms with Gasteiger partial charge in [0.1, 0.15) is 0 Å². The van der Waals surface area contributed by atoms with Crippen molar-refractivity contribution in [2.24, 2.45) is 0 Å². The first-order valence-corrected chi connectivity index (χ1v) is 6.45. The molecule has 0 aromatic heterocycles. The molecule has 0 saturated heterocycles. The van der Waals surface area contributed by atoms with Gasteiger partial charge in [-0.3, -0.25) is 0 Å². The maximum atomic E-state index is 11.1. The van der Waals surface area contributed by atoms with Crippen molar-refractivity contribution in [3.63, 3.8) is 0 Å². The summed E-state index contributed by atoms with van der Waals surface area (Å²) in [5.74, 6) is 0. The second-order valence-electron chi connectivity index (χ2n) is 2.61. The molecular formula is C7H17NO4Si. The fourth-order valence-electron chi connectivity index (χ4n) is 0.602. The molecule has 0 aliphatic rings. The van der Waals surface area contributed by atoms with E-state index in [1.165, 1.54) is 14.2 Å². The second kappa shape index (κ2) is 5.95. The van der Waals surface area contributed by atoms with E-state index in [0.29, 0.717) is 6.61 Å². The number of hydrogen-bond donors (Lipinski definition) is 1. The largest absolute Gasteiger partial charge is 0.458 e. The molecule has 0 saturated carbocycles. The monoisotopic (exact) mass is 207 g/mol. The Bertz CT molecular complexity index is 161. The predicted molar refractivity (Wildman–Crippen MR) is 50.4 cm³/mol. The van der Waals surface area contributed by atoms with Gasteiger partial charge in [0.25, 0.3) is 0 Å². The van der Waals surface area contributed by atoms with E-state index in [-0.39, 0.29) is 0 Å². The lowest BCUT2D eigenvalue weighted by molar-refractivity contribution is 0.143. The van der Waals surface area contributed by atoms with Crippen LogP contribution in [0.25, 0.3) is 0 Å². The zero-order valence-corrected chi connectivity index (χ0v) is 9.55. The van der Waals surface area contributed by atoms with Crippen LogP contribution >= 0.6 is 0 Å². The van der Waals surface area contributed by atoms with E-state index in [9.17, 15) is 4.79 Å². The number of nitrogens with one attached hydrogen (secondary N) is 1. The molecule has 1 N–H and O–H groups in total. The van der Waals surface area contributed by atoms with Crippen LogP contribution in [0.5, 0.6) is 0 Å². The van der Waals surface area contributed by atoms with E-state index >= 15 is 0 Å². The highest BCUT2D eigenvalue weighted by Gasteiger charge is 2.32. The molecule has 0 aromatic rings. The zero-order valence-electron chi connectivity index (χ0n) is 8.55. The normalized spacial score (nSPS) is 11.1. The Hall–Kier alpha value is -0.593. The molecule has 0 rings (SSSR count). The Morgan fingerprint density at radius 2 is 1.92 bits per heavy atom. The lowest BCUT2D eigenvalue weighted by Gasteiger charge is -2.22. The summed E-state index contributed by atoms with van der Waals surface area (Å²) < 4.78 is 14.9. The van der Waals surface area contributed by atoms with Gasteiger partial charge in [-0.2, -0.15) is 0 Å². The molecule has 0 spiro atoms. The van der Waals surface area contributed by atoms with Gasteiger partial charge in [-0.15, -0.1) is 0 Å². The van der Waals surface area contributed by atoms with E-state index in [4.69, 9.17) is 13.6 Å². The minimum Gasteiger partial charge on any atom is -0.450 e. The van der Waals surface area contributed by atoms with Crippen LogP contribution in [0.15, 0.2) is 0 Å². The summed E-state index contributed by atoms with van der Waals surface area (Å²) in [5, 5.41) is 0. The Labute approximate surface area is 79.7 Å². The highest BCUT2D eigenvalue weighted by Crippen LogP contribution is 1.99. The molecule has 5 nitrogen and oxygen atoms in total. The third-order valence-corrected chi connectivity index (χ3v) is 3.76. The summed E-state index contributed by atoms with van der Waals surface area (Å²) >= 11 is 0. The topological polar surface area (TPSA) is 56.8 Å². The molecule has 0 unspecified atom stereocenters. The molecule has 13 heavy (non-hydrogen) atoms. The summed E-state index contributed by atoms with van der Waals surface area (Å²) in [6.45, 7) is 4.06.